The molecule has 0 radical (unpaired) electrons. The highest BCUT2D eigenvalue weighted by molar-refractivity contribution is 7.89. The fourth-order valence-corrected chi connectivity index (χ4v) is 1.90. The predicted octanol–water partition coefficient (Wildman–Crippen LogP) is 0.857. The van der Waals surface area contributed by atoms with Crippen molar-refractivity contribution < 1.29 is 17.2 Å². The number of benzene rings is 1. The van der Waals surface area contributed by atoms with Crippen LogP contribution in [0.5, 0.6) is 0 Å². The molecular weight excluding hydrogens is 264 g/mol. The van der Waals surface area contributed by atoms with E-state index in [1.54, 1.807) is 0 Å². The zero-order valence-electron chi connectivity index (χ0n) is 9.05. The minimum atomic E-state index is -3.88. The number of aromatic nitrogens is 2. The fourth-order valence-electron chi connectivity index (χ4n) is 1.42. The first kappa shape index (κ1) is 12.7. The molecule has 0 unspecified atom stereocenters. The molecule has 1 aromatic heterocycles. The van der Waals surface area contributed by atoms with E-state index in [9.17, 15) is 17.2 Å². The number of sulfonamides is 1. The molecule has 2 rings (SSSR count). The first-order valence-electron chi connectivity index (χ1n) is 4.85. The fraction of sp³-hybridized carbons (Fsp3) is 0.100. The van der Waals surface area contributed by atoms with Gasteiger partial charge >= 0.3 is 0 Å². The zero-order chi connectivity index (χ0) is 13.3. The lowest BCUT2D eigenvalue weighted by atomic mass is 10.2. The van der Waals surface area contributed by atoms with Gasteiger partial charge in [0.2, 0.25) is 0 Å². The Morgan fingerprint density at radius 3 is 2.61 bits per heavy atom. The Morgan fingerprint density at radius 2 is 2.06 bits per heavy atom. The maximum Gasteiger partial charge on any atom is 0.257 e. The van der Waals surface area contributed by atoms with Crippen molar-refractivity contribution in [3.63, 3.8) is 0 Å². The second kappa shape index (κ2) is 4.46. The summed E-state index contributed by atoms with van der Waals surface area (Å²) >= 11 is 0. The monoisotopic (exact) mass is 273 g/mol. The van der Waals surface area contributed by atoms with Crippen molar-refractivity contribution in [1.29, 1.82) is 0 Å². The van der Waals surface area contributed by atoms with E-state index in [4.69, 9.17) is 5.14 Å². The number of imidazole rings is 1. The van der Waals surface area contributed by atoms with E-state index in [-0.39, 0.29) is 17.1 Å². The van der Waals surface area contributed by atoms with Crippen LogP contribution in [0.3, 0.4) is 0 Å². The summed E-state index contributed by atoms with van der Waals surface area (Å²) in [6.45, 7) is 0.0363. The standard InChI is InChI=1S/C10H9F2N3O2S/c11-8-2-1-7(9(12)3-8)4-15-5-10(14-6-15)18(13,16)17/h1-3,5-6H,4H2,(H2,13,16,17). The van der Waals surface area contributed by atoms with E-state index in [1.807, 2.05) is 0 Å². The second-order valence-corrected chi connectivity index (χ2v) is 5.17. The van der Waals surface area contributed by atoms with Gasteiger partial charge < -0.3 is 4.57 Å². The van der Waals surface area contributed by atoms with Crippen LogP contribution in [0, 0.1) is 11.6 Å². The molecule has 0 saturated heterocycles. The molecule has 0 aliphatic carbocycles. The molecule has 0 spiro atoms. The third-order valence-corrected chi connectivity index (χ3v) is 3.06. The Bertz CT molecular complexity index is 682. The smallest absolute Gasteiger partial charge is 0.257 e. The predicted molar refractivity (Wildman–Crippen MR) is 59.1 cm³/mol. The first-order valence-corrected chi connectivity index (χ1v) is 6.39. The lowest BCUT2D eigenvalue weighted by molar-refractivity contribution is 0.566. The maximum absolute atomic E-state index is 13.4. The van der Waals surface area contributed by atoms with Crippen molar-refractivity contribution in [2.75, 3.05) is 0 Å². The average molecular weight is 273 g/mol. The Labute approximate surface area is 102 Å². The number of hydrogen-bond donors (Lipinski definition) is 1. The third kappa shape index (κ3) is 2.71. The molecule has 1 heterocycles. The summed E-state index contributed by atoms with van der Waals surface area (Å²) < 4.78 is 49.4. The molecule has 1 aromatic carbocycles. The summed E-state index contributed by atoms with van der Waals surface area (Å²) in [5.41, 5.74) is 0.217. The van der Waals surface area contributed by atoms with Crippen molar-refractivity contribution in [2.45, 2.75) is 11.6 Å². The molecule has 2 aromatic rings. The molecule has 0 aliphatic rings. The van der Waals surface area contributed by atoms with Crippen molar-refractivity contribution in [3.8, 4) is 0 Å². The van der Waals surface area contributed by atoms with E-state index in [1.165, 1.54) is 23.2 Å². The van der Waals surface area contributed by atoms with Crippen LogP contribution >= 0.6 is 0 Å². The minimum Gasteiger partial charge on any atom is -0.332 e. The van der Waals surface area contributed by atoms with Crippen LogP contribution in [0.1, 0.15) is 5.56 Å². The van der Waals surface area contributed by atoms with Gasteiger partial charge in [-0.15, -0.1) is 0 Å². The van der Waals surface area contributed by atoms with E-state index < -0.39 is 21.7 Å². The topological polar surface area (TPSA) is 78.0 Å². The van der Waals surface area contributed by atoms with Gasteiger partial charge in [-0.1, -0.05) is 6.07 Å². The lowest BCUT2D eigenvalue weighted by Gasteiger charge is -2.03. The van der Waals surface area contributed by atoms with Gasteiger partial charge in [-0.3, -0.25) is 0 Å². The summed E-state index contributed by atoms with van der Waals surface area (Å²) in [4.78, 5) is 3.58. The summed E-state index contributed by atoms with van der Waals surface area (Å²) in [5, 5.41) is 4.59. The normalized spacial score (nSPS) is 11.7. The van der Waals surface area contributed by atoms with E-state index in [0.29, 0.717) is 0 Å². The van der Waals surface area contributed by atoms with Crippen LogP contribution in [-0.4, -0.2) is 18.0 Å². The van der Waals surface area contributed by atoms with Crippen LogP contribution in [0.25, 0.3) is 0 Å². The maximum atomic E-state index is 13.4. The average Bonchev–Trinajstić information content (AvgIpc) is 2.70. The van der Waals surface area contributed by atoms with Gasteiger partial charge in [0.1, 0.15) is 11.6 Å². The van der Waals surface area contributed by atoms with Gasteiger partial charge in [0.15, 0.2) is 5.03 Å². The van der Waals surface area contributed by atoms with E-state index >= 15 is 0 Å². The van der Waals surface area contributed by atoms with Crippen LogP contribution in [0.4, 0.5) is 8.78 Å². The number of nitrogens with two attached hydrogens (primary N) is 1. The Kier molecular flexibility index (Phi) is 3.14. The molecule has 18 heavy (non-hydrogen) atoms. The number of primary sulfonamides is 1. The number of nitrogens with zero attached hydrogens (tertiary/aromatic N) is 2. The van der Waals surface area contributed by atoms with Gasteiger partial charge in [-0.25, -0.2) is 27.3 Å². The molecule has 0 amide bonds. The number of halogens is 2. The summed E-state index contributed by atoms with van der Waals surface area (Å²) in [6, 6.07) is 3.16. The molecule has 5 nitrogen and oxygen atoms in total. The van der Waals surface area contributed by atoms with Gasteiger partial charge in [-0.2, -0.15) is 0 Å². The summed E-state index contributed by atoms with van der Waals surface area (Å²) in [6.07, 6.45) is 2.39. The van der Waals surface area contributed by atoms with Gasteiger partial charge in [-0.05, 0) is 6.07 Å². The molecule has 0 atom stereocenters. The largest absolute Gasteiger partial charge is 0.332 e. The molecule has 0 saturated carbocycles. The molecular formula is C10H9F2N3O2S. The Hall–Kier alpha value is -1.80. The first-order chi connectivity index (χ1) is 8.36. The molecule has 0 fully saturated rings. The molecule has 0 bridgehead atoms. The number of rotatable bonds is 3. The van der Waals surface area contributed by atoms with Gasteiger partial charge in [0, 0.05) is 17.8 Å². The van der Waals surface area contributed by atoms with Crippen molar-refractivity contribution in [3.05, 3.63) is 47.9 Å². The Morgan fingerprint density at radius 1 is 1.33 bits per heavy atom. The highest BCUT2D eigenvalue weighted by Gasteiger charge is 2.12. The molecule has 8 heteroatoms. The van der Waals surface area contributed by atoms with Crippen molar-refractivity contribution in [1.82, 2.24) is 9.55 Å². The van der Waals surface area contributed by atoms with E-state index in [2.05, 4.69) is 4.98 Å². The van der Waals surface area contributed by atoms with E-state index in [0.717, 1.165) is 12.1 Å². The number of hydrogen-bond acceptors (Lipinski definition) is 3. The van der Waals surface area contributed by atoms with Crippen LogP contribution in [0.15, 0.2) is 35.7 Å². The summed E-state index contributed by atoms with van der Waals surface area (Å²) in [5.74, 6) is -1.38. The van der Waals surface area contributed by atoms with Crippen molar-refractivity contribution in [2.24, 2.45) is 5.14 Å². The lowest BCUT2D eigenvalue weighted by Crippen LogP contribution is -2.12. The third-order valence-electron chi connectivity index (χ3n) is 2.27. The molecule has 2 N–H and O–H groups in total. The second-order valence-electron chi connectivity index (χ2n) is 3.66. The van der Waals surface area contributed by atoms with Crippen LogP contribution in [-0.2, 0) is 16.6 Å². The molecule has 0 aliphatic heterocycles. The SMILES string of the molecule is NS(=O)(=O)c1cn(Cc2ccc(F)cc2F)cn1. The van der Waals surface area contributed by atoms with Gasteiger partial charge in [0.05, 0.1) is 12.9 Å². The minimum absolute atomic E-state index is 0.0363. The van der Waals surface area contributed by atoms with Crippen molar-refractivity contribution >= 4 is 10.0 Å². The van der Waals surface area contributed by atoms with Gasteiger partial charge in [0.25, 0.3) is 10.0 Å². The quantitative estimate of drug-likeness (QED) is 0.900. The molecule has 96 valence electrons. The highest BCUT2D eigenvalue weighted by atomic mass is 32.2. The summed E-state index contributed by atoms with van der Waals surface area (Å²) in [7, 11) is -3.88. The highest BCUT2D eigenvalue weighted by Crippen LogP contribution is 2.12. The van der Waals surface area contributed by atoms with Crippen LogP contribution in [0.2, 0.25) is 0 Å². The zero-order valence-corrected chi connectivity index (χ0v) is 9.86. The Balaban J connectivity index is 2.27. The van der Waals surface area contributed by atoms with Crippen LogP contribution < -0.4 is 5.14 Å².